The monoisotopic (exact) mass is 313 g/mol. The summed E-state index contributed by atoms with van der Waals surface area (Å²) in [5.41, 5.74) is 1.87. The zero-order valence-corrected chi connectivity index (χ0v) is 12.5. The first-order valence-electron chi connectivity index (χ1n) is 5.53. The van der Waals surface area contributed by atoms with Crippen LogP contribution >= 0.6 is 15.9 Å². The van der Waals surface area contributed by atoms with Gasteiger partial charge in [0.15, 0.2) is 0 Å². The molecule has 0 atom stereocenters. The van der Waals surface area contributed by atoms with Crippen LogP contribution in [0.4, 0.5) is 0 Å². The third-order valence-corrected chi connectivity index (χ3v) is 3.35. The Balaban J connectivity index is 3.46. The predicted molar refractivity (Wildman–Crippen MR) is 73.2 cm³/mol. The number of rotatable bonds is 5. The lowest BCUT2D eigenvalue weighted by Gasteiger charge is -2.18. The van der Waals surface area contributed by atoms with Crippen molar-refractivity contribution in [2.75, 3.05) is 14.2 Å². The summed E-state index contributed by atoms with van der Waals surface area (Å²) in [7, 11) is 3.19. The van der Waals surface area contributed by atoms with E-state index in [9.17, 15) is 4.79 Å². The molecule has 0 aliphatic carbocycles. The molecule has 0 saturated carbocycles. The molecule has 0 radical (unpaired) electrons. The van der Waals surface area contributed by atoms with Crippen LogP contribution in [0.25, 0.3) is 0 Å². The number of ether oxygens (including phenoxy) is 2. The molecular weight excluding hydrogens is 298 g/mol. The Morgan fingerprint density at radius 1 is 1.33 bits per heavy atom. The highest BCUT2D eigenvalue weighted by Gasteiger charge is 2.19. The molecule has 1 aromatic carbocycles. The summed E-state index contributed by atoms with van der Waals surface area (Å²) in [6.45, 7) is 4.39. The van der Waals surface area contributed by atoms with Gasteiger partial charge in [0.1, 0.15) is 16.0 Å². The molecule has 1 aromatic rings. The highest BCUT2D eigenvalue weighted by molar-refractivity contribution is 9.10. The average Bonchev–Trinajstić information content (AvgIpc) is 2.35. The lowest BCUT2D eigenvalue weighted by atomic mass is 9.98. The van der Waals surface area contributed by atoms with Crippen LogP contribution < -0.4 is 9.47 Å². The van der Waals surface area contributed by atoms with Gasteiger partial charge in [0.2, 0.25) is 6.08 Å². The lowest BCUT2D eigenvalue weighted by Crippen LogP contribution is -2.01. The summed E-state index contributed by atoms with van der Waals surface area (Å²) in [5, 5.41) is 0. The number of isocyanates is 1. The maximum absolute atomic E-state index is 10.2. The van der Waals surface area contributed by atoms with Crippen LogP contribution in [0.3, 0.4) is 0 Å². The van der Waals surface area contributed by atoms with Gasteiger partial charge in [-0.2, -0.15) is 0 Å². The highest BCUT2D eigenvalue weighted by atomic mass is 79.9. The van der Waals surface area contributed by atoms with Gasteiger partial charge in [-0.15, -0.1) is 0 Å². The van der Waals surface area contributed by atoms with Gasteiger partial charge in [-0.05, 0) is 33.5 Å². The number of hydrogen-bond donors (Lipinski definition) is 0. The fraction of sp³-hybridized carbons (Fsp3) is 0.462. The van der Waals surface area contributed by atoms with E-state index in [0.717, 1.165) is 21.3 Å². The van der Waals surface area contributed by atoms with Crippen molar-refractivity contribution in [3.8, 4) is 11.5 Å². The van der Waals surface area contributed by atoms with Gasteiger partial charge < -0.3 is 9.47 Å². The number of aliphatic imine (C=N–C) groups is 1. The Hall–Kier alpha value is -1.32. The molecular formula is C13H16BrNO3. The minimum atomic E-state index is 0.245. The molecule has 4 nitrogen and oxygen atoms in total. The van der Waals surface area contributed by atoms with E-state index in [0.29, 0.717) is 11.7 Å². The van der Waals surface area contributed by atoms with E-state index in [2.05, 4.69) is 34.8 Å². The molecule has 0 spiro atoms. The molecule has 0 aliphatic rings. The molecule has 0 saturated heterocycles. The zero-order valence-electron chi connectivity index (χ0n) is 10.9. The summed E-state index contributed by atoms with van der Waals surface area (Å²) in [6.07, 6.45) is 1.54. The van der Waals surface area contributed by atoms with Crippen LogP contribution in [0.5, 0.6) is 11.5 Å². The summed E-state index contributed by atoms with van der Waals surface area (Å²) in [6, 6.07) is 1.95. The van der Waals surface area contributed by atoms with Crippen LogP contribution in [0.2, 0.25) is 0 Å². The maximum atomic E-state index is 10.2. The fourth-order valence-corrected chi connectivity index (χ4v) is 2.59. The first kappa shape index (κ1) is 14.7. The van der Waals surface area contributed by atoms with Gasteiger partial charge in [-0.3, -0.25) is 0 Å². The van der Waals surface area contributed by atoms with Gasteiger partial charge >= 0.3 is 0 Å². The second-order valence-corrected chi connectivity index (χ2v) is 4.86. The van der Waals surface area contributed by atoms with Crippen molar-refractivity contribution in [1.82, 2.24) is 0 Å². The molecule has 0 N–H and O–H groups in total. The minimum absolute atomic E-state index is 0.245. The largest absolute Gasteiger partial charge is 0.495 e. The molecule has 0 aliphatic heterocycles. The average molecular weight is 314 g/mol. The third-order valence-electron chi connectivity index (χ3n) is 2.63. The standard InChI is InChI=1S/C13H16BrNO3/c1-8(2)10-5-9(6-15-7-16)12(17-3)11(14)13(10)18-4/h5,8H,6H2,1-4H3. The van der Waals surface area contributed by atoms with Crippen LogP contribution in [-0.2, 0) is 11.3 Å². The number of carbonyl (C=O) groups excluding carboxylic acids is 1. The van der Waals surface area contributed by atoms with Crippen LogP contribution in [0.1, 0.15) is 30.9 Å². The molecule has 0 amide bonds. The summed E-state index contributed by atoms with van der Waals surface area (Å²) in [4.78, 5) is 13.8. The summed E-state index contributed by atoms with van der Waals surface area (Å²) in [5.74, 6) is 1.68. The molecule has 0 aromatic heterocycles. The second kappa shape index (κ2) is 6.57. The van der Waals surface area contributed by atoms with E-state index in [1.165, 1.54) is 6.08 Å². The normalized spacial score (nSPS) is 10.1. The van der Waals surface area contributed by atoms with Gasteiger partial charge in [-0.25, -0.2) is 9.79 Å². The van der Waals surface area contributed by atoms with E-state index in [4.69, 9.17) is 9.47 Å². The van der Waals surface area contributed by atoms with E-state index in [1.807, 2.05) is 6.07 Å². The van der Waals surface area contributed by atoms with Crippen LogP contribution in [-0.4, -0.2) is 20.3 Å². The first-order chi connectivity index (χ1) is 8.56. The molecule has 5 heteroatoms. The quantitative estimate of drug-likeness (QED) is 0.618. The Morgan fingerprint density at radius 3 is 2.39 bits per heavy atom. The van der Waals surface area contributed by atoms with Gasteiger partial charge in [0, 0.05) is 5.56 Å². The van der Waals surface area contributed by atoms with Crippen molar-refractivity contribution in [1.29, 1.82) is 0 Å². The van der Waals surface area contributed by atoms with Gasteiger partial charge in [0.05, 0.1) is 20.8 Å². The van der Waals surface area contributed by atoms with Crippen molar-refractivity contribution >= 4 is 22.0 Å². The van der Waals surface area contributed by atoms with Crippen molar-refractivity contribution in [2.24, 2.45) is 4.99 Å². The number of hydrogen-bond acceptors (Lipinski definition) is 4. The summed E-state index contributed by atoms with van der Waals surface area (Å²) >= 11 is 3.47. The Bertz CT molecular complexity index is 480. The predicted octanol–water partition coefficient (Wildman–Crippen LogP) is 3.43. The maximum Gasteiger partial charge on any atom is 0.235 e. The number of benzene rings is 1. The topological polar surface area (TPSA) is 47.9 Å². The van der Waals surface area contributed by atoms with Crippen molar-refractivity contribution in [3.05, 3.63) is 21.7 Å². The van der Waals surface area contributed by atoms with E-state index < -0.39 is 0 Å². The first-order valence-corrected chi connectivity index (χ1v) is 6.32. The lowest BCUT2D eigenvalue weighted by molar-refractivity contribution is 0.382. The van der Waals surface area contributed by atoms with E-state index in [-0.39, 0.29) is 6.54 Å². The Kier molecular flexibility index (Phi) is 5.38. The SMILES string of the molecule is COc1c(CN=C=O)cc(C(C)C)c(OC)c1Br. The molecule has 98 valence electrons. The van der Waals surface area contributed by atoms with E-state index in [1.54, 1.807) is 14.2 Å². The third kappa shape index (κ3) is 2.92. The minimum Gasteiger partial charge on any atom is -0.495 e. The Morgan fingerprint density at radius 2 is 1.94 bits per heavy atom. The highest BCUT2D eigenvalue weighted by Crippen LogP contribution is 2.42. The number of nitrogens with zero attached hydrogens (tertiary/aromatic N) is 1. The molecule has 0 fully saturated rings. The molecule has 1 rings (SSSR count). The summed E-state index contributed by atoms with van der Waals surface area (Å²) < 4.78 is 11.5. The number of halogens is 1. The van der Waals surface area contributed by atoms with Crippen LogP contribution in [0, 0.1) is 0 Å². The second-order valence-electron chi connectivity index (χ2n) is 4.07. The van der Waals surface area contributed by atoms with Crippen LogP contribution in [0.15, 0.2) is 15.5 Å². The zero-order chi connectivity index (χ0) is 13.7. The molecule has 0 unspecified atom stereocenters. The molecule has 0 bridgehead atoms. The van der Waals surface area contributed by atoms with Gasteiger partial charge in [-0.1, -0.05) is 13.8 Å². The van der Waals surface area contributed by atoms with Gasteiger partial charge in [0.25, 0.3) is 0 Å². The van der Waals surface area contributed by atoms with E-state index >= 15 is 0 Å². The Labute approximate surface area is 115 Å². The fourth-order valence-electron chi connectivity index (χ4n) is 1.78. The van der Waals surface area contributed by atoms with Crippen molar-refractivity contribution < 1.29 is 14.3 Å². The van der Waals surface area contributed by atoms with Crippen molar-refractivity contribution in [2.45, 2.75) is 26.3 Å². The molecule has 0 heterocycles. The smallest absolute Gasteiger partial charge is 0.235 e. The number of methoxy groups -OCH3 is 2. The molecule has 18 heavy (non-hydrogen) atoms. The van der Waals surface area contributed by atoms with Crippen molar-refractivity contribution in [3.63, 3.8) is 0 Å².